The Hall–Kier alpha value is -0.630. The third kappa shape index (κ3) is 3.17. The maximum absolute atomic E-state index is 12.9. The second kappa shape index (κ2) is 7.44. The average molecular weight is 455 g/mol. The molecule has 33 heavy (non-hydrogen) atoms. The van der Waals surface area contributed by atoms with Crippen LogP contribution < -0.4 is 0 Å². The van der Waals surface area contributed by atoms with Gasteiger partial charge in [0.25, 0.3) is 0 Å². The molecule has 0 N–H and O–H groups in total. The van der Waals surface area contributed by atoms with E-state index in [-0.39, 0.29) is 10.8 Å². The molecule has 2 heteroatoms. The van der Waals surface area contributed by atoms with Gasteiger partial charge in [0, 0.05) is 18.9 Å². The molecule has 0 aromatic rings. The molecular weight excluding hydrogens is 404 g/mol. The highest BCUT2D eigenvalue weighted by Gasteiger charge is 2.62. The van der Waals surface area contributed by atoms with Gasteiger partial charge in [-0.1, -0.05) is 60.1 Å². The molecule has 5 rings (SSSR count). The Bertz CT molecular complexity index is 851. The van der Waals surface area contributed by atoms with Gasteiger partial charge < -0.3 is 4.74 Å². The van der Waals surface area contributed by atoms with Gasteiger partial charge in [-0.15, -0.1) is 0 Å². The van der Waals surface area contributed by atoms with Crippen LogP contribution in [0.4, 0.5) is 0 Å². The van der Waals surface area contributed by atoms with Crippen LogP contribution in [-0.2, 0) is 9.53 Å². The number of hydrogen-bond donors (Lipinski definition) is 0. The largest absolute Gasteiger partial charge is 0.381 e. The van der Waals surface area contributed by atoms with E-state index in [0.29, 0.717) is 40.0 Å². The van der Waals surface area contributed by atoms with Crippen LogP contribution >= 0.6 is 0 Å². The first-order valence-corrected chi connectivity index (χ1v) is 14.1. The van der Waals surface area contributed by atoms with Crippen molar-refractivity contribution < 1.29 is 9.53 Å². The SMILES string of the molecule is COC1CCC2(C)C3=CCC4C(CCC5C(C)(C)C(=O)CCC45C)CC3(C)CCC2C1(C)C. The third-order valence-electron chi connectivity index (χ3n) is 12.8. The minimum absolute atomic E-state index is 0.145. The zero-order chi connectivity index (χ0) is 24.0. The van der Waals surface area contributed by atoms with Gasteiger partial charge in [0.2, 0.25) is 0 Å². The molecule has 0 aromatic carbocycles. The molecule has 5 aliphatic carbocycles. The molecule has 0 aliphatic heterocycles. The molecule has 186 valence electrons. The highest BCUT2D eigenvalue weighted by molar-refractivity contribution is 5.85. The van der Waals surface area contributed by atoms with Crippen LogP contribution in [0.3, 0.4) is 0 Å². The molecular formula is C31H50O2. The summed E-state index contributed by atoms with van der Waals surface area (Å²) in [7, 11) is 1.92. The number of allylic oxidation sites excluding steroid dienone is 2. The Labute approximate surface area is 203 Å². The summed E-state index contributed by atoms with van der Waals surface area (Å²) in [6, 6.07) is 0. The monoisotopic (exact) mass is 454 g/mol. The minimum atomic E-state index is -0.145. The number of hydrogen-bond acceptors (Lipinski definition) is 2. The molecule has 4 saturated carbocycles. The number of carbonyl (C=O) groups is 1. The van der Waals surface area contributed by atoms with Crippen molar-refractivity contribution in [3.8, 4) is 0 Å². The smallest absolute Gasteiger partial charge is 0.138 e. The molecule has 4 fully saturated rings. The van der Waals surface area contributed by atoms with E-state index in [1.807, 2.05) is 12.7 Å². The molecule has 0 radical (unpaired) electrons. The van der Waals surface area contributed by atoms with E-state index in [4.69, 9.17) is 4.74 Å². The van der Waals surface area contributed by atoms with E-state index in [1.54, 1.807) is 0 Å². The fourth-order valence-electron chi connectivity index (χ4n) is 11.1. The zero-order valence-electron chi connectivity index (χ0n) is 22.9. The van der Waals surface area contributed by atoms with E-state index < -0.39 is 0 Å². The fraction of sp³-hybridized carbons (Fsp3) is 0.903. The number of ketones is 1. The molecule has 2 nitrogen and oxygen atoms in total. The average Bonchev–Trinajstić information content (AvgIpc) is 2.88. The molecule has 5 aliphatic rings. The molecule has 0 spiro atoms. The Morgan fingerprint density at radius 3 is 2.30 bits per heavy atom. The van der Waals surface area contributed by atoms with Crippen LogP contribution in [0, 0.1) is 50.7 Å². The quantitative estimate of drug-likeness (QED) is 0.375. The summed E-state index contributed by atoms with van der Waals surface area (Å²) in [6.07, 6.45) is 15.4. The number of Topliss-reactive ketones (excluding diaryl/α,β-unsaturated/α-hetero) is 1. The van der Waals surface area contributed by atoms with Crippen molar-refractivity contribution in [1.29, 1.82) is 0 Å². The van der Waals surface area contributed by atoms with E-state index >= 15 is 0 Å². The first kappa shape index (κ1) is 24.1. The van der Waals surface area contributed by atoms with Crippen molar-refractivity contribution in [2.75, 3.05) is 7.11 Å². The Morgan fingerprint density at radius 1 is 0.879 bits per heavy atom. The molecule has 0 aromatic heterocycles. The van der Waals surface area contributed by atoms with Crippen LogP contribution in [-0.4, -0.2) is 19.0 Å². The van der Waals surface area contributed by atoms with Gasteiger partial charge in [-0.2, -0.15) is 0 Å². The summed E-state index contributed by atoms with van der Waals surface area (Å²) in [4.78, 5) is 12.9. The number of fused-ring (bicyclic) bond motifs is 6. The van der Waals surface area contributed by atoms with Crippen LogP contribution in [0.15, 0.2) is 11.6 Å². The first-order chi connectivity index (χ1) is 15.3. The van der Waals surface area contributed by atoms with Gasteiger partial charge in [-0.3, -0.25) is 4.79 Å². The molecule has 0 saturated heterocycles. The lowest BCUT2D eigenvalue weighted by Gasteiger charge is -2.62. The number of ether oxygens (including phenoxy) is 1. The number of methoxy groups -OCH3 is 1. The van der Waals surface area contributed by atoms with Crippen molar-refractivity contribution in [2.24, 2.45) is 50.7 Å². The first-order valence-electron chi connectivity index (χ1n) is 14.1. The molecule has 0 amide bonds. The number of carbonyl (C=O) groups excluding carboxylic acids is 1. The van der Waals surface area contributed by atoms with Crippen LogP contribution in [0.2, 0.25) is 0 Å². The van der Waals surface area contributed by atoms with Crippen LogP contribution in [0.1, 0.15) is 113 Å². The van der Waals surface area contributed by atoms with E-state index in [9.17, 15) is 4.79 Å². The van der Waals surface area contributed by atoms with E-state index in [2.05, 4.69) is 54.5 Å². The summed E-state index contributed by atoms with van der Waals surface area (Å²) >= 11 is 0. The third-order valence-corrected chi connectivity index (χ3v) is 12.8. The molecule has 8 atom stereocenters. The van der Waals surface area contributed by atoms with Gasteiger partial charge in [-0.25, -0.2) is 0 Å². The Balaban J connectivity index is 1.52. The van der Waals surface area contributed by atoms with E-state index in [0.717, 1.165) is 24.7 Å². The summed E-state index contributed by atoms with van der Waals surface area (Å²) in [6.45, 7) is 17.3. The lowest BCUT2D eigenvalue weighted by Crippen LogP contribution is -2.56. The zero-order valence-corrected chi connectivity index (χ0v) is 22.9. The van der Waals surface area contributed by atoms with Gasteiger partial charge >= 0.3 is 0 Å². The Morgan fingerprint density at radius 2 is 1.61 bits per heavy atom. The number of rotatable bonds is 1. The lowest BCUT2D eigenvalue weighted by atomic mass is 9.43. The summed E-state index contributed by atoms with van der Waals surface area (Å²) in [5.74, 6) is 3.33. The Kier molecular flexibility index (Phi) is 5.43. The van der Waals surface area contributed by atoms with Crippen LogP contribution in [0.5, 0.6) is 0 Å². The van der Waals surface area contributed by atoms with Crippen molar-refractivity contribution in [3.63, 3.8) is 0 Å². The van der Waals surface area contributed by atoms with Crippen molar-refractivity contribution in [3.05, 3.63) is 11.6 Å². The molecule has 0 heterocycles. The maximum Gasteiger partial charge on any atom is 0.138 e. The summed E-state index contributed by atoms with van der Waals surface area (Å²) in [5, 5.41) is 0. The highest BCUT2D eigenvalue weighted by Crippen LogP contribution is 2.69. The second-order valence-corrected chi connectivity index (χ2v) is 14.9. The molecule has 8 unspecified atom stereocenters. The minimum Gasteiger partial charge on any atom is -0.381 e. The van der Waals surface area contributed by atoms with Crippen molar-refractivity contribution >= 4 is 5.78 Å². The lowest BCUT2D eigenvalue weighted by molar-refractivity contribution is -0.152. The topological polar surface area (TPSA) is 26.3 Å². The predicted octanol–water partition coefficient (Wildman–Crippen LogP) is 8.00. The second-order valence-electron chi connectivity index (χ2n) is 14.9. The summed E-state index contributed by atoms with van der Waals surface area (Å²) < 4.78 is 6.02. The normalized spacial score (nSPS) is 50.7. The van der Waals surface area contributed by atoms with Gasteiger partial charge in [0.15, 0.2) is 0 Å². The molecule has 0 bridgehead atoms. The maximum atomic E-state index is 12.9. The van der Waals surface area contributed by atoms with Crippen molar-refractivity contribution in [1.82, 2.24) is 0 Å². The van der Waals surface area contributed by atoms with Gasteiger partial charge in [0.05, 0.1) is 6.10 Å². The van der Waals surface area contributed by atoms with Crippen LogP contribution in [0.25, 0.3) is 0 Å². The predicted molar refractivity (Wildman–Crippen MR) is 136 cm³/mol. The highest BCUT2D eigenvalue weighted by atomic mass is 16.5. The fourth-order valence-corrected chi connectivity index (χ4v) is 11.1. The summed E-state index contributed by atoms with van der Waals surface area (Å²) in [5.41, 5.74) is 2.87. The van der Waals surface area contributed by atoms with Gasteiger partial charge in [0.1, 0.15) is 5.78 Å². The van der Waals surface area contributed by atoms with Gasteiger partial charge in [-0.05, 0) is 103 Å². The van der Waals surface area contributed by atoms with Crippen molar-refractivity contribution in [2.45, 2.75) is 119 Å². The standard InChI is InChI=1S/C31H50O2/c1-27(2)22-11-9-20-19-29(5)16-13-23-28(3,4)26(33-8)15-18-31(23,7)24(29)12-10-21(20)30(22,6)17-14-25(27)32/h12,20-23,26H,9-11,13-19H2,1-8H3. The van der Waals surface area contributed by atoms with E-state index in [1.165, 1.54) is 51.4 Å².